The predicted molar refractivity (Wildman–Crippen MR) is 164 cm³/mol. The highest BCUT2D eigenvalue weighted by atomic mass is 32.1. The number of ether oxygens (including phenoxy) is 1. The molecule has 1 amide bonds. The number of rotatable bonds is 8. The van der Waals surface area contributed by atoms with Crippen LogP contribution in [0.2, 0.25) is 0 Å². The van der Waals surface area contributed by atoms with Crippen LogP contribution in [0.4, 0.5) is 10.8 Å². The number of nitrogens with one attached hydrogen (secondary N) is 1. The van der Waals surface area contributed by atoms with Gasteiger partial charge in [-0.2, -0.15) is 0 Å². The first-order chi connectivity index (χ1) is 20.7. The lowest BCUT2D eigenvalue weighted by atomic mass is 9.53. The molecule has 2 heterocycles. The topological polar surface area (TPSA) is 139 Å². The lowest BCUT2D eigenvalue weighted by Gasteiger charge is -2.50. The third kappa shape index (κ3) is 5.64. The Kier molecular flexibility index (Phi) is 8.45. The number of phenols is 1. The second-order valence-electron chi connectivity index (χ2n) is 12.8. The van der Waals surface area contributed by atoms with Crippen molar-refractivity contribution in [3.63, 3.8) is 0 Å². The first-order valence-electron chi connectivity index (χ1n) is 15.3. The van der Waals surface area contributed by atoms with E-state index in [9.17, 15) is 20.0 Å². The van der Waals surface area contributed by atoms with Crippen LogP contribution in [0.15, 0.2) is 17.4 Å². The molecule has 232 valence electrons. The summed E-state index contributed by atoms with van der Waals surface area (Å²) in [6.07, 6.45) is 6.82. The molecule has 3 fully saturated rings. The number of carbonyl (C=O) groups excluding carboxylic acids is 1. The van der Waals surface area contributed by atoms with Crippen LogP contribution >= 0.6 is 11.3 Å². The van der Waals surface area contributed by atoms with E-state index in [2.05, 4.69) is 33.3 Å². The minimum atomic E-state index is -0.394. The van der Waals surface area contributed by atoms with E-state index in [1.807, 2.05) is 6.92 Å². The van der Waals surface area contributed by atoms with Gasteiger partial charge in [0.1, 0.15) is 7.11 Å². The number of benzene rings is 1. The van der Waals surface area contributed by atoms with Crippen LogP contribution < -0.4 is 5.32 Å². The molecule has 2 aromatic rings. The summed E-state index contributed by atoms with van der Waals surface area (Å²) in [5, 5.41) is 31.5. The van der Waals surface area contributed by atoms with E-state index in [4.69, 9.17) is 9.57 Å². The number of nitro benzene ring substituents is 1. The lowest BCUT2D eigenvalue weighted by molar-refractivity contribution is -0.386. The Morgan fingerprint density at radius 3 is 2.86 bits per heavy atom. The molecule has 43 heavy (non-hydrogen) atoms. The molecule has 5 atom stereocenters. The van der Waals surface area contributed by atoms with Crippen LogP contribution in [0.5, 0.6) is 5.75 Å². The zero-order valence-electron chi connectivity index (χ0n) is 25.1. The normalized spacial score (nSPS) is 29.5. The number of thiazole rings is 1. The molecule has 4 aliphatic rings. The number of hydrogen-bond donors (Lipinski definition) is 2. The van der Waals surface area contributed by atoms with Gasteiger partial charge >= 0.3 is 5.69 Å². The monoisotopic (exact) mass is 611 g/mol. The smallest absolute Gasteiger partial charge is 0.314 e. The minimum Gasteiger partial charge on any atom is -0.502 e. The Morgan fingerprint density at radius 2 is 2.16 bits per heavy atom. The van der Waals surface area contributed by atoms with Crippen molar-refractivity contribution in [2.24, 2.45) is 28.3 Å². The molecule has 0 radical (unpaired) electrons. The Bertz CT molecular complexity index is 1420. The number of aromatic nitrogens is 1. The Morgan fingerprint density at radius 1 is 1.37 bits per heavy atom. The molecule has 11 nitrogen and oxygen atoms in total. The maximum Gasteiger partial charge on any atom is 0.314 e. The van der Waals surface area contributed by atoms with E-state index in [0.717, 1.165) is 61.3 Å². The van der Waals surface area contributed by atoms with Crippen molar-refractivity contribution < 1.29 is 24.4 Å². The fourth-order valence-electron chi connectivity index (χ4n) is 8.58. The number of carbonyl (C=O) groups is 1. The largest absolute Gasteiger partial charge is 0.502 e. The third-order valence-electron chi connectivity index (χ3n) is 10.4. The van der Waals surface area contributed by atoms with Crippen molar-refractivity contribution in [2.45, 2.75) is 71.3 Å². The SMILES string of the molecule is CO/N=C1\C[C@@H](CCC(=O)Nc2ncc(C)s2)C2C3CCc4c(cc(CN5CCOCC5)c(O)c4[N+](=O)[O-])C3CC[C@]12C. The molecule has 2 saturated carbocycles. The predicted octanol–water partition coefficient (Wildman–Crippen LogP) is 5.40. The van der Waals surface area contributed by atoms with E-state index in [1.54, 1.807) is 13.3 Å². The highest BCUT2D eigenvalue weighted by Crippen LogP contribution is 2.63. The summed E-state index contributed by atoms with van der Waals surface area (Å²) >= 11 is 1.47. The summed E-state index contributed by atoms with van der Waals surface area (Å²) in [5.74, 6) is 0.750. The fourth-order valence-corrected chi connectivity index (χ4v) is 9.26. The maximum absolute atomic E-state index is 12.9. The highest BCUT2D eigenvalue weighted by Gasteiger charge is 2.58. The van der Waals surface area contributed by atoms with Gasteiger partial charge in [0.2, 0.25) is 5.91 Å². The Hall–Kier alpha value is -3.09. The second-order valence-corrected chi connectivity index (χ2v) is 14.0. The van der Waals surface area contributed by atoms with E-state index in [-0.39, 0.29) is 40.5 Å². The van der Waals surface area contributed by atoms with Gasteiger partial charge in [-0.3, -0.25) is 19.8 Å². The van der Waals surface area contributed by atoms with Gasteiger partial charge in [0.15, 0.2) is 10.9 Å². The van der Waals surface area contributed by atoms with Crippen molar-refractivity contribution in [3.8, 4) is 5.75 Å². The summed E-state index contributed by atoms with van der Waals surface area (Å²) in [6.45, 7) is 7.42. The van der Waals surface area contributed by atoms with Crippen molar-refractivity contribution in [2.75, 3.05) is 38.7 Å². The van der Waals surface area contributed by atoms with Gasteiger partial charge in [-0.05, 0) is 80.8 Å². The third-order valence-corrected chi connectivity index (χ3v) is 11.3. The summed E-state index contributed by atoms with van der Waals surface area (Å²) in [5.41, 5.74) is 3.14. The Balaban J connectivity index is 1.29. The van der Waals surface area contributed by atoms with Gasteiger partial charge in [0.25, 0.3) is 0 Å². The maximum atomic E-state index is 12.9. The first-order valence-corrected chi connectivity index (χ1v) is 16.2. The van der Waals surface area contributed by atoms with Crippen molar-refractivity contribution >= 4 is 33.8 Å². The fraction of sp³-hybridized carbons (Fsp3) is 0.645. The van der Waals surface area contributed by atoms with Gasteiger partial charge in [0.05, 0.1) is 23.8 Å². The zero-order valence-corrected chi connectivity index (χ0v) is 26.0. The molecule has 2 N–H and O–H groups in total. The molecular weight excluding hydrogens is 570 g/mol. The number of morpholine rings is 1. The number of fused-ring (bicyclic) bond motifs is 5. The molecule has 12 heteroatoms. The number of hydrogen-bond acceptors (Lipinski definition) is 10. The molecule has 1 aromatic heterocycles. The number of nitro groups is 1. The van der Waals surface area contributed by atoms with Gasteiger partial charge in [0, 0.05) is 53.7 Å². The number of anilines is 1. The first kappa shape index (κ1) is 30.0. The number of nitrogens with zero attached hydrogens (tertiary/aromatic N) is 4. The van der Waals surface area contributed by atoms with Crippen molar-refractivity contribution in [3.05, 3.63) is 43.9 Å². The lowest BCUT2D eigenvalue weighted by Crippen LogP contribution is -2.44. The molecule has 6 rings (SSSR count). The van der Waals surface area contributed by atoms with Gasteiger partial charge in [-0.15, -0.1) is 11.3 Å². The van der Waals surface area contributed by atoms with Gasteiger partial charge < -0.3 is 20.0 Å². The van der Waals surface area contributed by atoms with Crippen LogP contribution in [0.3, 0.4) is 0 Å². The molecule has 1 saturated heterocycles. The quantitative estimate of drug-likeness (QED) is 0.299. The summed E-state index contributed by atoms with van der Waals surface area (Å²) in [4.78, 5) is 37.7. The van der Waals surface area contributed by atoms with Crippen LogP contribution in [0.25, 0.3) is 0 Å². The number of aryl methyl sites for hydroxylation is 1. The minimum absolute atomic E-state index is 0.0339. The van der Waals surface area contributed by atoms with Gasteiger partial charge in [-0.1, -0.05) is 12.1 Å². The molecule has 0 bridgehead atoms. The summed E-state index contributed by atoms with van der Waals surface area (Å²) < 4.78 is 5.48. The summed E-state index contributed by atoms with van der Waals surface area (Å²) in [6, 6.07) is 2.06. The molecule has 1 aliphatic heterocycles. The average Bonchev–Trinajstić information content (AvgIpc) is 3.52. The van der Waals surface area contributed by atoms with E-state index in [1.165, 1.54) is 11.3 Å². The van der Waals surface area contributed by atoms with E-state index in [0.29, 0.717) is 54.8 Å². The van der Waals surface area contributed by atoms with E-state index >= 15 is 0 Å². The standard InChI is InChI=1S/C31H41N5O6S/c1-18-16-32-30(43-18)33-26(37)7-4-19-15-25(34-41-3)31(2)9-8-21-22(27(19)31)5-6-23-24(21)14-20(29(38)28(23)36(39)40)17-35-10-12-42-13-11-35/h14,16,19,21-22,27,38H,4-13,15,17H2,1-3H3,(H,32,33,37)/b34-25+/t19-,21?,22?,27?,31-/m1/s1. The van der Waals surface area contributed by atoms with Gasteiger partial charge in [-0.25, -0.2) is 4.98 Å². The Labute approximate surface area is 255 Å². The number of oxime groups is 1. The number of aromatic hydroxyl groups is 1. The second kappa shape index (κ2) is 12.1. The molecule has 0 spiro atoms. The molecule has 1 aromatic carbocycles. The summed E-state index contributed by atoms with van der Waals surface area (Å²) in [7, 11) is 1.59. The number of phenolic OH excluding ortho intramolecular Hbond substituents is 1. The molecule has 3 aliphatic carbocycles. The molecule has 3 unspecified atom stereocenters. The van der Waals surface area contributed by atoms with Crippen LogP contribution in [0, 0.1) is 40.2 Å². The van der Waals surface area contributed by atoms with Crippen LogP contribution in [0.1, 0.15) is 72.9 Å². The number of amides is 1. The molecular formula is C31H41N5O6S. The van der Waals surface area contributed by atoms with Crippen LogP contribution in [-0.4, -0.2) is 64.9 Å². The zero-order chi connectivity index (χ0) is 30.3. The van der Waals surface area contributed by atoms with E-state index < -0.39 is 4.92 Å². The van der Waals surface area contributed by atoms with Crippen molar-refractivity contribution in [1.82, 2.24) is 9.88 Å². The van der Waals surface area contributed by atoms with Crippen LogP contribution in [-0.2, 0) is 27.3 Å². The average molecular weight is 612 g/mol. The highest BCUT2D eigenvalue weighted by molar-refractivity contribution is 7.15. The van der Waals surface area contributed by atoms with Crippen molar-refractivity contribution in [1.29, 1.82) is 0 Å².